The van der Waals surface area contributed by atoms with Crippen LogP contribution in [-0.2, 0) is 0 Å². The predicted molar refractivity (Wildman–Crippen MR) is 58.8 cm³/mol. The zero-order valence-electron chi connectivity index (χ0n) is 8.69. The molecule has 82 valence electrons. The molecular formula is C12H16FNO. The standard InChI is InChI=1S/C12H16FNO/c13-9-12(15)10-3-5-11(6-4-10)14-7-1-2-8-14/h3-6,12,15H,1-2,7-9H2. The van der Waals surface area contributed by atoms with Crippen LogP contribution in [0.15, 0.2) is 24.3 Å². The van der Waals surface area contributed by atoms with E-state index in [1.54, 1.807) is 12.1 Å². The molecule has 1 unspecified atom stereocenters. The minimum absolute atomic E-state index is 0.653. The van der Waals surface area contributed by atoms with Gasteiger partial charge in [-0.2, -0.15) is 0 Å². The molecule has 1 aliphatic rings. The van der Waals surface area contributed by atoms with E-state index < -0.39 is 12.8 Å². The first-order valence-electron chi connectivity index (χ1n) is 5.40. The summed E-state index contributed by atoms with van der Waals surface area (Å²) in [6.07, 6.45) is 1.52. The summed E-state index contributed by atoms with van der Waals surface area (Å²) < 4.78 is 12.2. The fourth-order valence-corrected chi connectivity index (χ4v) is 1.97. The molecule has 3 heteroatoms. The first-order valence-corrected chi connectivity index (χ1v) is 5.40. The molecule has 0 bridgehead atoms. The van der Waals surface area contributed by atoms with Crippen molar-refractivity contribution < 1.29 is 9.50 Å². The normalized spacial score (nSPS) is 18.1. The fraction of sp³-hybridized carbons (Fsp3) is 0.500. The lowest BCUT2D eigenvalue weighted by Crippen LogP contribution is -2.17. The van der Waals surface area contributed by atoms with Gasteiger partial charge < -0.3 is 10.0 Å². The van der Waals surface area contributed by atoms with Crippen LogP contribution in [0.1, 0.15) is 24.5 Å². The van der Waals surface area contributed by atoms with Crippen LogP contribution in [0.25, 0.3) is 0 Å². The second-order valence-corrected chi connectivity index (χ2v) is 3.96. The molecule has 0 saturated carbocycles. The van der Waals surface area contributed by atoms with Crippen molar-refractivity contribution in [2.45, 2.75) is 18.9 Å². The lowest BCUT2D eigenvalue weighted by atomic mass is 10.1. The van der Waals surface area contributed by atoms with Gasteiger partial charge in [-0.3, -0.25) is 0 Å². The van der Waals surface area contributed by atoms with Crippen molar-refractivity contribution in [3.05, 3.63) is 29.8 Å². The van der Waals surface area contributed by atoms with E-state index in [9.17, 15) is 9.50 Å². The van der Waals surface area contributed by atoms with Crippen LogP contribution in [0.3, 0.4) is 0 Å². The summed E-state index contributed by atoms with van der Waals surface area (Å²) in [7, 11) is 0. The maximum absolute atomic E-state index is 12.2. The van der Waals surface area contributed by atoms with E-state index >= 15 is 0 Å². The molecule has 1 N–H and O–H groups in total. The summed E-state index contributed by atoms with van der Waals surface area (Å²) in [5.41, 5.74) is 1.82. The highest BCUT2D eigenvalue weighted by Gasteiger charge is 2.13. The van der Waals surface area contributed by atoms with Crippen LogP contribution in [-0.4, -0.2) is 24.9 Å². The van der Waals surface area contributed by atoms with E-state index in [1.165, 1.54) is 18.5 Å². The van der Waals surface area contributed by atoms with Crippen LogP contribution in [0.5, 0.6) is 0 Å². The molecule has 15 heavy (non-hydrogen) atoms. The Morgan fingerprint density at radius 3 is 2.33 bits per heavy atom. The molecule has 0 aliphatic carbocycles. The van der Waals surface area contributed by atoms with E-state index in [4.69, 9.17) is 0 Å². The van der Waals surface area contributed by atoms with Crippen LogP contribution < -0.4 is 4.90 Å². The minimum atomic E-state index is -0.974. The largest absolute Gasteiger partial charge is 0.386 e. The number of benzene rings is 1. The van der Waals surface area contributed by atoms with Crippen molar-refractivity contribution >= 4 is 5.69 Å². The third kappa shape index (κ3) is 2.29. The highest BCUT2D eigenvalue weighted by Crippen LogP contribution is 2.22. The number of aliphatic hydroxyl groups is 1. The van der Waals surface area contributed by atoms with Crippen molar-refractivity contribution in [1.29, 1.82) is 0 Å². The Bertz CT molecular complexity index is 306. The second-order valence-electron chi connectivity index (χ2n) is 3.96. The molecule has 2 rings (SSSR count). The van der Waals surface area contributed by atoms with Gasteiger partial charge in [-0.05, 0) is 30.5 Å². The highest BCUT2D eigenvalue weighted by atomic mass is 19.1. The average Bonchev–Trinajstić information content (AvgIpc) is 2.82. The van der Waals surface area contributed by atoms with Crippen LogP contribution in [0.4, 0.5) is 10.1 Å². The van der Waals surface area contributed by atoms with Gasteiger partial charge in [0.1, 0.15) is 12.8 Å². The number of halogens is 1. The molecular weight excluding hydrogens is 193 g/mol. The molecule has 1 aromatic rings. The molecule has 1 saturated heterocycles. The molecule has 1 fully saturated rings. The van der Waals surface area contributed by atoms with Crippen molar-refractivity contribution in [2.24, 2.45) is 0 Å². The van der Waals surface area contributed by atoms with Crippen molar-refractivity contribution in [3.63, 3.8) is 0 Å². The summed E-state index contributed by atoms with van der Waals surface area (Å²) in [6, 6.07) is 7.52. The zero-order chi connectivity index (χ0) is 10.7. The summed E-state index contributed by atoms with van der Waals surface area (Å²) in [5, 5.41) is 9.30. The Labute approximate surface area is 89.3 Å². The first kappa shape index (κ1) is 10.4. The van der Waals surface area contributed by atoms with Crippen LogP contribution >= 0.6 is 0 Å². The average molecular weight is 209 g/mol. The number of aliphatic hydroxyl groups excluding tert-OH is 1. The van der Waals surface area contributed by atoms with Gasteiger partial charge in [-0.1, -0.05) is 12.1 Å². The van der Waals surface area contributed by atoms with E-state index in [-0.39, 0.29) is 0 Å². The van der Waals surface area contributed by atoms with Gasteiger partial charge in [0.15, 0.2) is 0 Å². The van der Waals surface area contributed by atoms with Gasteiger partial charge in [0.25, 0.3) is 0 Å². The van der Waals surface area contributed by atoms with E-state index in [0.29, 0.717) is 5.56 Å². The molecule has 1 heterocycles. The molecule has 0 spiro atoms. The van der Waals surface area contributed by atoms with Crippen LogP contribution in [0, 0.1) is 0 Å². The molecule has 0 aromatic heterocycles. The summed E-state index contributed by atoms with van der Waals surface area (Å²) in [4.78, 5) is 2.31. The third-order valence-corrected chi connectivity index (χ3v) is 2.90. The molecule has 1 aromatic carbocycles. The Hall–Kier alpha value is -1.09. The number of alkyl halides is 1. The quantitative estimate of drug-likeness (QED) is 0.825. The lowest BCUT2D eigenvalue weighted by molar-refractivity contribution is 0.142. The maximum atomic E-state index is 12.2. The smallest absolute Gasteiger partial charge is 0.119 e. The summed E-state index contributed by atoms with van der Waals surface area (Å²) >= 11 is 0. The number of hydrogen-bond donors (Lipinski definition) is 1. The van der Waals surface area contributed by atoms with Gasteiger partial charge in [0, 0.05) is 18.8 Å². The van der Waals surface area contributed by atoms with Crippen molar-refractivity contribution in [3.8, 4) is 0 Å². The monoisotopic (exact) mass is 209 g/mol. The number of hydrogen-bond acceptors (Lipinski definition) is 2. The predicted octanol–water partition coefficient (Wildman–Crippen LogP) is 2.29. The first-order chi connectivity index (χ1) is 7.31. The number of nitrogens with zero attached hydrogens (tertiary/aromatic N) is 1. The molecule has 2 nitrogen and oxygen atoms in total. The third-order valence-electron chi connectivity index (χ3n) is 2.90. The van der Waals surface area contributed by atoms with Gasteiger partial charge >= 0.3 is 0 Å². The minimum Gasteiger partial charge on any atom is -0.386 e. The Morgan fingerprint density at radius 2 is 1.80 bits per heavy atom. The summed E-state index contributed by atoms with van der Waals surface area (Å²) in [5.74, 6) is 0. The van der Waals surface area contributed by atoms with E-state index in [2.05, 4.69) is 4.90 Å². The maximum Gasteiger partial charge on any atom is 0.119 e. The number of rotatable bonds is 3. The van der Waals surface area contributed by atoms with Crippen LogP contribution in [0.2, 0.25) is 0 Å². The number of anilines is 1. The van der Waals surface area contributed by atoms with Gasteiger partial charge in [-0.15, -0.1) is 0 Å². The van der Waals surface area contributed by atoms with Gasteiger partial charge in [0.2, 0.25) is 0 Å². The molecule has 0 radical (unpaired) electrons. The topological polar surface area (TPSA) is 23.5 Å². The Morgan fingerprint density at radius 1 is 1.20 bits per heavy atom. The van der Waals surface area contributed by atoms with Crippen molar-refractivity contribution in [2.75, 3.05) is 24.7 Å². The van der Waals surface area contributed by atoms with Gasteiger partial charge in [-0.25, -0.2) is 4.39 Å². The fourth-order valence-electron chi connectivity index (χ4n) is 1.97. The van der Waals surface area contributed by atoms with E-state index in [1.807, 2.05) is 12.1 Å². The molecule has 1 atom stereocenters. The molecule has 1 aliphatic heterocycles. The Balaban J connectivity index is 2.09. The second kappa shape index (κ2) is 4.62. The summed E-state index contributed by atoms with van der Waals surface area (Å²) in [6.45, 7) is 1.49. The Kier molecular flexibility index (Phi) is 3.21. The SMILES string of the molecule is OC(CF)c1ccc(N2CCCC2)cc1. The van der Waals surface area contributed by atoms with E-state index in [0.717, 1.165) is 13.1 Å². The lowest BCUT2D eigenvalue weighted by Gasteiger charge is -2.18. The van der Waals surface area contributed by atoms with Crippen molar-refractivity contribution in [1.82, 2.24) is 0 Å². The van der Waals surface area contributed by atoms with Gasteiger partial charge in [0.05, 0.1) is 0 Å². The zero-order valence-corrected chi connectivity index (χ0v) is 8.69. The molecule has 0 amide bonds. The highest BCUT2D eigenvalue weighted by molar-refractivity contribution is 5.48.